The first-order valence-electron chi connectivity index (χ1n) is 9.47. The highest BCUT2D eigenvalue weighted by atomic mass is 127. The standard InChI is InChI=1S/C21H26F2N4O2.HI/c1-24-21(26-14-8-9-18-19(12-14)29-11-5-10-28-18)25-13-17(27(2)3)20-15(22)6-4-7-16(20)23;/h4,6-9,12,17H,5,10-11,13H2,1-3H3,(H2,24,25,26);1H. The van der Waals surface area contributed by atoms with Gasteiger partial charge in [0.15, 0.2) is 17.5 Å². The molecule has 0 aliphatic carbocycles. The zero-order valence-corrected chi connectivity index (χ0v) is 19.6. The molecular weight excluding hydrogens is 505 g/mol. The third-order valence-corrected chi connectivity index (χ3v) is 4.65. The molecule has 0 spiro atoms. The smallest absolute Gasteiger partial charge is 0.195 e. The lowest BCUT2D eigenvalue weighted by Crippen LogP contribution is -2.38. The molecule has 2 aromatic rings. The van der Waals surface area contributed by atoms with Crippen molar-refractivity contribution in [3.8, 4) is 11.5 Å². The molecule has 2 N–H and O–H groups in total. The zero-order valence-electron chi connectivity index (χ0n) is 17.2. The topological polar surface area (TPSA) is 58.1 Å². The number of halogens is 3. The Morgan fingerprint density at radius 2 is 1.77 bits per heavy atom. The van der Waals surface area contributed by atoms with E-state index in [9.17, 15) is 8.78 Å². The lowest BCUT2D eigenvalue weighted by Gasteiger charge is -2.26. The molecule has 0 fully saturated rings. The van der Waals surface area contributed by atoms with E-state index in [1.54, 1.807) is 26.0 Å². The first-order valence-corrected chi connectivity index (χ1v) is 9.47. The Morgan fingerprint density at radius 3 is 2.40 bits per heavy atom. The van der Waals surface area contributed by atoms with E-state index in [1.807, 2.05) is 18.2 Å². The van der Waals surface area contributed by atoms with Gasteiger partial charge < -0.3 is 25.0 Å². The van der Waals surface area contributed by atoms with Gasteiger partial charge in [-0.2, -0.15) is 0 Å². The van der Waals surface area contributed by atoms with E-state index in [-0.39, 0.29) is 36.1 Å². The van der Waals surface area contributed by atoms with E-state index in [1.165, 1.54) is 18.2 Å². The predicted octanol–water partition coefficient (Wildman–Crippen LogP) is 4.03. The van der Waals surface area contributed by atoms with Gasteiger partial charge in [-0.05, 0) is 38.4 Å². The number of rotatable bonds is 5. The third-order valence-electron chi connectivity index (χ3n) is 4.65. The molecular formula is C21H27F2IN4O2. The van der Waals surface area contributed by atoms with Gasteiger partial charge >= 0.3 is 0 Å². The summed E-state index contributed by atoms with van der Waals surface area (Å²) in [7, 11) is 5.18. The van der Waals surface area contributed by atoms with Gasteiger partial charge in [-0.15, -0.1) is 24.0 Å². The second kappa shape index (κ2) is 11.3. The highest BCUT2D eigenvalue weighted by Crippen LogP contribution is 2.32. The van der Waals surface area contributed by atoms with E-state index in [0.29, 0.717) is 30.7 Å². The minimum absolute atomic E-state index is 0. The summed E-state index contributed by atoms with van der Waals surface area (Å²) in [4.78, 5) is 5.96. The Kier molecular flexibility index (Phi) is 9.09. The van der Waals surface area contributed by atoms with E-state index < -0.39 is 17.7 Å². The molecule has 0 aromatic heterocycles. The molecule has 1 unspecified atom stereocenters. The number of likely N-dealkylation sites (N-methyl/N-ethyl adjacent to an activating group) is 1. The van der Waals surface area contributed by atoms with Gasteiger partial charge in [0.05, 0.1) is 19.3 Å². The van der Waals surface area contributed by atoms with Crippen molar-refractivity contribution < 1.29 is 18.3 Å². The Bertz CT molecular complexity index is 860. The Balaban J connectivity index is 0.00000320. The molecule has 0 amide bonds. The normalized spacial score (nSPS) is 14.5. The van der Waals surface area contributed by atoms with Crippen LogP contribution in [0.1, 0.15) is 18.0 Å². The number of hydrogen-bond donors (Lipinski definition) is 2. The molecule has 0 radical (unpaired) electrons. The van der Waals surface area contributed by atoms with Crippen LogP contribution in [-0.4, -0.2) is 51.8 Å². The molecule has 164 valence electrons. The van der Waals surface area contributed by atoms with Crippen LogP contribution in [0.4, 0.5) is 14.5 Å². The Morgan fingerprint density at radius 1 is 1.10 bits per heavy atom. The molecule has 2 aromatic carbocycles. The second-order valence-electron chi connectivity index (χ2n) is 6.90. The van der Waals surface area contributed by atoms with Crippen molar-refractivity contribution in [3.63, 3.8) is 0 Å². The number of aliphatic imine (C=N–C) groups is 1. The second-order valence-corrected chi connectivity index (χ2v) is 6.90. The van der Waals surface area contributed by atoms with Gasteiger partial charge in [-0.25, -0.2) is 8.78 Å². The molecule has 30 heavy (non-hydrogen) atoms. The highest BCUT2D eigenvalue weighted by molar-refractivity contribution is 14.0. The fraction of sp³-hybridized carbons (Fsp3) is 0.381. The largest absolute Gasteiger partial charge is 0.490 e. The lowest BCUT2D eigenvalue weighted by atomic mass is 10.0. The van der Waals surface area contributed by atoms with Crippen molar-refractivity contribution in [1.29, 1.82) is 0 Å². The number of hydrogen-bond acceptors (Lipinski definition) is 4. The quantitative estimate of drug-likeness (QED) is 0.346. The van der Waals surface area contributed by atoms with Crippen molar-refractivity contribution in [2.24, 2.45) is 4.99 Å². The number of ether oxygens (including phenoxy) is 2. The molecule has 1 heterocycles. The number of benzene rings is 2. The zero-order chi connectivity index (χ0) is 20.8. The summed E-state index contributed by atoms with van der Waals surface area (Å²) in [5.41, 5.74) is 0.789. The Hall–Kier alpha value is -2.14. The van der Waals surface area contributed by atoms with Crippen LogP contribution in [-0.2, 0) is 0 Å². The van der Waals surface area contributed by atoms with Crippen LogP contribution in [0.3, 0.4) is 0 Å². The highest BCUT2D eigenvalue weighted by Gasteiger charge is 2.22. The molecule has 1 atom stereocenters. The molecule has 1 aliphatic rings. The van der Waals surface area contributed by atoms with Gasteiger partial charge in [0.1, 0.15) is 11.6 Å². The van der Waals surface area contributed by atoms with Gasteiger partial charge in [0.25, 0.3) is 0 Å². The van der Waals surface area contributed by atoms with Crippen LogP contribution < -0.4 is 20.1 Å². The molecule has 0 saturated carbocycles. The van der Waals surface area contributed by atoms with Gasteiger partial charge in [0, 0.05) is 37.3 Å². The minimum atomic E-state index is -0.573. The minimum Gasteiger partial charge on any atom is -0.490 e. The van der Waals surface area contributed by atoms with Gasteiger partial charge in [-0.3, -0.25) is 4.99 Å². The summed E-state index contributed by atoms with van der Waals surface area (Å²) in [6, 6.07) is 8.92. The van der Waals surface area contributed by atoms with Gasteiger partial charge in [-0.1, -0.05) is 6.07 Å². The number of guanidine groups is 1. The molecule has 1 aliphatic heterocycles. The number of fused-ring (bicyclic) bond motifs is 1. The predicted molar refractivity (Wildman–Crippen MR) is 125 cm³/mol. The molecule has 0 saturated heterocycles. The van der Waals surface area contributed by atoms with Crippen LogP contribution in [0, 0.1) is 11.6 Å². The lowest BCUT2D eigenvalue weighted by molar-refractivity contribution is 0.283. The summed E-state index contributed by atoms with van der Waals surface area (Å²) < 4.78 is 39.8. The fourth-order valence-electron chi connectivity index (χ4n) is 3.12. The van der Waals surface area contributed by atoms with Crippen LogP contribution in [0.15, 0.2) is 41.4 Å². The monoisotopic (exact) mass is 532 g/mol. The first kappa shape index (κ1) is 24.1. The van der Waals surface area contributed by atoms with Crippen molar-refractivity contribution in [2.45, 2.75) is 12.5 Å². The Labute approximate surface area is 192 Å². The molecule has 0 bridgehead atoms. The van der Waals surface area contributed by atoms with Crippen molar-refractivity contribution in [1.82, 2.24) is 10.2 Å². The van der Waals surface area contributed by atoms with Crippen molar-refractivity contribution in [2.75, 3.05) is 46.2 Å². The number of anilines is 1. The summed E-state index contributed by atoms with van der Waals surface area (Å²) in [5.74, 6) is 0.706. The van der Waals surface area contributed by atoms with Crippen LogP contribution in [0.2, 0.25) is 0 Å². The van der Waals surface area contributed by atoms with Crippen molar-refractivity contribution in [3.05, 3.63) is 53.6 Å². The molecule has 3 rings (SSSR count). The fourth-order valence-corrected chi connectivity index (χ4v) is 3.12. The molecule has 9 heteroatoms. The van der Waals surface area contributed by atoms with Crippen molar-refractivity contribution >= 4 is 35.6 Å². The van der Waals surface area contributed by atoms with E-state index in [0.717, 1.165) is 12.1 Å². The summed E-state index contributed by atoms with van der Waals surface area (Å²) in [5, 5.41) is 6.31. The van der Waals surface area contributed by atoms with E-state index in [4.69, 9.17) is 9.47 Å². The number of nitrogens with zero attached hydrogens (tertiary/aromatic N) is 2. The van der Waals surface area contributed by atoms with Crippen LogP contribution in [0.25, 0.3) is 0 Å². The average Bonchev–Trinajstić information content (AvgIpc) is 2.93. The summed E-state index contributed by atoms with van der Waals surface area (Å²) in [6.45, 7) is 1.48. The average molecular weight is 532 g/mol. The maximum Gasteiger partial charge on any atom is 0.195 e. The van der Waals surface area contributed by atoms with Crippen LogP contribution in [0.5, 0.6) is 11.5 Å². The third kappa shape index (κ3) is 5.94. The number of nitrogens with one attached hydrogen (secondary N) is 2. The van der Waals surface area contributed by atoms with E-state index in [2.05, 4.69) is 15.6 Å². The van der Waals surface area contributed by atoms with E-state index >= 15 is 0 Å². The van der Waals surface area contributed by atoms with Gasteiger partial charge in [0.2, 0.25) is 0 Å². The maximum atomic E-state index is 14.2. The SMILES string of the molecule is CN=C(NCC(c1c(F)cccc1F)N(C)C)Nc1ccc2c(c1)OCCCO2.I. The maximum absolute atomic E-state index is 14.2. The van der Waals surface area contributed by atoms with Crippen LogP contribution >= 0.6 is 24.0 Å². The summed E-state index contributed by atoms with van der Waals surface area (Å²) >= 11 is 0. The first-order chi connectivity index (χ1) is 14.0. The molecule has 6 nitrogen and oxygen atoms in total. The summed E-state index contributed by atoms with van der Waals surface area (Å²) in [6.07, 6.45) is 0.833.